The molecule has 116 valence electrons. The molecule has 5 heteroatoms. The highest BCUT2D eigenvalue weighted by Gasteiger charge is 2.41. The molecule has 1 aromatic carbocycles. The topological polar surface area (TPSA) is 52.3 Å². The van der Waals surface area contributed by atoms with E-state index < -0.39 is 10.8 Å². The molecule has 21 heavy (non-hydrogen) atoms. The van der Waals surface area contributed by atoms with Crippen LogP contribution in [-0.4, -0.2) is 21.7 Å². The standard InChI is InChI=1S/C16H22BrNO2S/c17-12-4-5-14(18)15(10-12)21(19)11-13-6-9-16(20-13)7-2-1-3-8-16/h4-5,10,13H,1-3,6-9,11,18H2. The molecule has 1 aliphatic carbocycles. The van der Waals surface area contributed by atoms with Crippen molar-refractivity contribution in [3.63, 3.8) is 0 Å². The van der Waals surface area contributed by atoms with Crippen molar-refractivity contribution in [1.29, 1.82) is 0 Å². The Morgan fingerprint density at radius 2 is 2.05 bits per heavy atom. The second kappa shape index (κ2) is 6.39. The zero-order chi connectivity index (χ0) is 14.9. The van der Waals surface area contributed by atoms with Crippen LogP contribution < -0.4 is 5.73 Å². The molecule has 0 bridgehead atoms. The summed E-state index contributed by atoms with van der Waals surface area (Å²) in [5.41, 5.74) is 6.64. The summed E-state index contributed by atoms with van der Waals surface area (Å²) in [6.07, 6.45) is 8.49. The van der Waals surface area contributed by atoms with Crippen LogP contribution in [0.15, 0.2) is 27.6 Å². The summed E-state index contributed by atoms with van der Waals surface area (Å²) >= 11 is 3.41. The normalized spacial score (nSPS) is 26.0. The van der Waals surface area contributed by atoms with Gasteiger partial charge in [-0.15, -0.1) is 0 Å². The molecule has 1 spiro atoms. The summed E-state index contributed by atoms with van der Waals surface area (Å²) in [4.78, 5) is 0.720. The van der Waals surface area contributed by atoms with Gasteiger partial charge in [-0.1, -0.05) is 35.2 Å². The minimum Gasteiger partial charge on any atom is -0.398 e. The minimum absolute atomic E-state index is 0.0932. The fraction of sp³-hybridized carbons (Fsp3) is 0.625. The zero-order valence-corrected chi connectivity index (χ0v) is 14.5. The van der Waals surface area contributed by atoms with Gasteiger partial charge in [-0.05, 0) is 43.9 Å². The molecular formula is C16H22BrNO2S. The van der Waals surface area contributed by atoms with E-state index >= 15 is 0 Å². The molecule has 2 atom stereocenters. The predicted molar refractivity (Wildman–Crippen MR) is 89.8 cm³/mol. The Bertz CT molecular complexity index is 543. The van der Waals surface area contributed by atoms with Crippen LogP contribution in [0.3, 0.4) is 0 Å². The molecule has 2 unspecified atom stereocenters. The van der Waals surface area contributed by atoms with Crippen molar-refractivity contribution in [1.82, 2.24) is 0 Å². The van der Waals surface area contributed by atoms with Crippen LogP contribution in [0.25, 0.3) is 0 Å². The number of rotatable bonds is 3. The number of hydrogen-bond donors (Lipinski definition) is 1. The quantitative estimate of drug-likeness (QED) is 0.816. The van der Waals surface area contributed by atoms with Gasteiger partial charge in [0, 0.05) is 10.2 Å². The fourth-order valence-electron chi connectivity index (χ4n) is 3.54. The van der Waals surface area contributed by atoms with Crippen molar-refractivity contribution in [3.8, 4) is 0 Å². The lowest BCUT2D eigenvalue weighted by Gasteiger charge is -2.33. The number of anilines is 1. The van der Waals surface area contributed by atoms with Crippen LogP contribution >= 0.6 is 15.9 Å². The lowest BCUT2D eigenvalue weighted by molar-refractivity contribution is -0.0557. The van der Waals surface area contributed by atoms with E-state index in [9.17, 15) is 4.21 Å². The minimum atomic E-state index is -1.10. The fourth-order valence-corrected chi connectivity index (χ4v) is 5.39. The van der Waals surface area contributed by atoms with E-state index in [0.717, 1.165) is 22.2 Å². The van der Waals surface area contributed by atoms with Gasteiger partial charge in [0.1, 0.15) is 0 Å². The Hall–Kier alpha value is -0.390. The first kappa shape index (κ1) is 15.5. The number of benzene rings is 1. The zero-order valence-electron chi connectivity index (χ0n) is 12.1. The third kappa shape index (κ3) is 3.51. The molecule has 1 aliphatic heterocycles. The van der Waals surface area contributed by atoms with Gasteiger partial charge in [-0.3, -0.25) is 4.21 Å². The molecule has 0 aromatic heterocycles. The van der Waals surface area contributed by atoms with E-state index in [2.05, 4.69) is 15.9 Å². The lowest BCUT2D eigenvalue weighted by atomic mass is 9.83. The van der Waals surface area contributed by atoms with Gasteiger partial charge < -0.3 is 10.5 Å². The van der Waals surface area contributed by atoms with E-state index in [1.165, 1.54) is 32.1 Å². The molecule has 1 saturated heterocycles. The molecule has 3 rings (SSSR count). The molecule has 1 saturated carbocycles. The van der Waals surface area contributed by atoms with Gasteiger partial charge in [0.2, 0.25) is 0 Å². The average Bonchev–Trinajstić information content (AvgIpc) is 2.84. The van der Waals surface area contributed by atoms with Crippen LogP contribution in [0.2, 0.25) is 0 Å². The molecule has 0 amide bonds. The Morgan fingerprint density at radius 1 is 1.29 bits per heavy atom. The number of nitrogen functional groups attached to an aromatic ring is 1. The first-order chi connectivity index (χ1) is 10.1. The van der Waals surface area contributed by atoms with Crippen LogP contribution in [0.1, 0.15) is 44.9 Å². The molecule has 2 N–H and O–H groups in total. The van der Waals surface area contributed by atoms with E-state index in [4.69, 9.17) is 10.5 Å². The summed E-state index contributed by atoms with van der Waals surface area (Å²) in [7, 11) is -1.10. The van der Waals surface area contributed by atoms with Crippen molar-refractivity contribution in [2.75, 3.05) is 11.5 Å². The van der Waals surface area contributed by atoms with Crippen LogP contribution in [0, 0.1) is 0 Å². The first-order valence-electron chi connectivity index (χ1n) is 7.69. The second-order valence-corrected chi connectivity index (χ2v) is 8.60. The molecule has 1 aromatic rings. The third-order valence-corrected chi connectivity index (χ3v) is 6.67. The molecule has 0 radical (unpaired) electrons. The maximum atomic E-state index is 12.6. The van der Waals surface area contributed by atoms with Crippen LogP contribution in [-0.2, 0) is 15.5 Å². The summed E-state index contributed by atoms with van der Waals surface area (Å²) < 4.78 is 19.8. The predicted octanol–water partition coefficient (Wildman–Crippen LogP) is 4.02. The van der Waals surface area contributed by atoms with Gasteiger partial charge in [0.25, 0.3) is 0 Å². The van der Waals surface area contributed by atoms with Gasteiger partial charge in [0.15, 0.2) is 0 Å². The van der Waals surface area contributed by atoms with Gasteiger partial charge >= 0.3 is 0 Å². The lowest BCUT2D eigenvalue weighted by Crippen LogP contribution is -2.32. The number of halogens is 1. The highest BCUT2D eigenvalue weighted by molar-refractivity contribution is 9.10. The van der Waals surface area contributed by atoms with Crippen molar-refractivity contribution in [2.45, 2.75) is 61.5 Å². The van der Waals surface area contributed by atoms with E-state index in [1.54, 1.807) is 6.07 Å². The van der Waals surface area contributed by atoms with Crippen molar-refractivity contribution in [3.05, 3.63) is 22.7 Å². The monoisotopic (exact) mass is 371 g/mol. The van der Waals surface area contributed by atoms with Crippen molar-refractivity contribution < 1.29 is 8.95 Å². The molecule has 3 nitrogen and oxygen atoms in total. The van der Waals surface area contributed by atoms with Crippen molar-refractivity contribution >= 4 is 32.4 Å². The number of nitrogens with two attached hydrogens (primary N) is 1. The SMILES string of the molecule is Nc1ccc(Br)cc1S(=O)CC1CCC2(CCCCC2)O1. The molecule has 1 heterocycles. The summed E-state index contributed by atoms with van der Waals surface area (Å²) in [6.45, 7) is 0. The number of ether oxygens (including phenoxy) is 1. The van der Waals surface area contributed by atoms with E-state index in [1.807, 2.05) is 12.1 Å². The van der Waals surface area contributed by atoms with Gasteiger partial charge in [0.05, 0.1) is 33.2 Å². The van der Waals surface area contributed by atoms with E-state index in [0.29, 0.717) is 11.4 Å². The maximum absolute atomic E-state index is 12.6. The first-order valence-corrected chi connectivity index (χ1v) is 9.80. The summed E-state index contributed by atoms with van der Waals surface area (Å²) in [5, 5.41) is 0. The highest BCUT2D eigenvalue weighted by atomic mass is 79.9. The average molecular weight is 372 g/mol. The van der Waals surface area contributed by atoms with Crippen molar-refractivity contribution in [2.24, 2.45) is 0 Å². The Balaban J connectivity index is 1.64. The van der Waals surface area contributed by atoms with Gasteiger partial charge in [-0.25, -0.2) is 0 Å². The molecule has 2 fully saturated rings. The summed E-state index contributed by atoms with van der Waals surface area (Å²) in [6, 6.07) is 5.53. The van der Waals surface area contributed by atoms with Gasteiger partial charge in [-0.2, -0.15) is 0 Å². The van der Waals surface area contributed by atoms with E-state index in [-0.39, 0.29) is 11.7 Å². The Morgan fingerprint density at radius 3 is 2.81 bits per heavy atom. The largest absolute Gasteiger partial charge is 0.398 e. The maximum Gasteiger partial charge on any atom is 0.0702 e. The smallest absolute Gasteiger partial charge is 0.0702 e. The van der Waals surface area contributed by atoms with Crippen LogP contribution in [0.5, 0.6) is 0 Å². The third-order valence-electron chi connectivity index (χ3n) is 4.66. The molecule has 2 aliphatic rings. The Kier molecular flexibility index (Phi) is 4.71. The number of hydrogen-bond acceptors (Lipinski definition) is 3. The Labute approximate surface area is 137 Å². The van der Waals surface area contributed by atoms with Crippen LogP contribution in [0.4, 0.5) is 5.69 Å². The summed E-state index contributed by atoms with van der Waals surface area (Å²) in [5.74, 6) is 0.558. The second-order valence-electron chi connectivity index (χ2n) is 6.22. The highest BCUT2D eigenvalue weighted by Crippen LogP contribution is 2.42. The molecular weight excluding hydrogens is 350 g/mol.